The Morgan fingerprint density at radius 1 is 1.32 bits per heavy atom. The first kappa shape index (κ1) is 17.2. The SMILES string of the molecule is Cc1cccnc1N(CCCNC(N)=O)C1CCCc2cccnc21. The van der Waals surface area contributed by atoms with Gasteiger partial charge in [0.1, 0.15) is 5.82 Å². The molecule has 6 heteroatoms. The fourth-order valence-corrected chi connectivity index (χ4v) is 3.54. The molecule has 6 nitrogen and oxygen atoms in total. The van der Waals surface area contributed by atoms with Crippen molar-refractivity contribution >= 4 is 11.8 Å². The molecule has 3 rings (SSSR count). The largest absolute Gasteiger partial charge is 0.352 e. The Hall–Kier alpha value is -2.63. The Balaban J connectivity index is 1.86. The molecule has 0 saturated heterocycles. The maximum atomic E-state index is 10.9. The molecule has 0 radical (unpaired) electrons. The van der Waals surface area contributed by atoms with Gasteiger partial charge in [0.05, 0.1) is 11.7 Å². The zero-order valence-electron chi connectivity index (χ0n) is 14.6. The van der Waals surface area contributed by atoms with E-state index in [1.807, 2.05) is 24.5 Å². The lowest BCUT2D eigenvalue weighted by Crippen LogP contribution is -2.36. The summed E-state index contributed by atoms with van der Waals surface area (Å²) in [7, 11) is 0. The minimum atomic E-state index is -0.481. The number of fused-ring (bicyclic) bond motifs is 1. The number of hydrogen-bond donors (Lipinski definition) is 2. The van der Waals surface area contributed by atoms with Gasteiger partial charge in [-0.1, -0.05) is 12.1 Å². The number of primary amides is 1. The van der Waals surface area contributed by atoms with Crippen molar-refractivity contribution in [1.82, 2.24) is 15.3 Å². The van der Waals surface area contributed by atoms with Gasteiger partial charge in [-0.25, -0.2) is 9.78 Å². The molecule has 2 heterocycles. The van der Waals surface area contributed by atoms with E-state index >= 15 is 0 Å². The average molecular weight is 339 g/mol. The summed E-state index contributed by atoms with van der Waals surface area (Å²) in [6, 6.07) is 7.95. The number of anilines is 1. The normalized spacial score (nSPS) is 16.1. The van der Waals surface area contributed by atoms with Crippen molar-refractivity contribution in [2.45, 2.75) is 38.6 Å². The van der Waals surface area contributed by atoms with Crippen molar-refractivity contribution in [2.75, 3.05) is 18.0 Å². The van der Waals surface area contributed by atoms with E-state index in [2.05, 4.69) is 39.2 Å². The molecule has 2 amide bonds. The molecule has 1 unspecified atom stereocenters. The Bertz CT molecular complexity index is 733. The van der Waals surface area contributed by atoms with Gasteiger partial charge in [0.15, 0.2) is 0 Å². The number of urea groups is 1. The molecule has 1 aliphatic rings. The molecule has 25 heavy (non-hydrogen) atoms. The molecular formula is C19H25N5O. The van der Waals surface area contributed by atoms with E-state index in [0.717, 1.165) is 49.3 Å². The number of nitrogens with two attached hydrogens (primary N) is 1. The van der Waals surface area contributed by atoms with Gasteiger partial charge in [-0.2, -0.15) is 0 Å². The van der Waals surface area contributed by atoms with Crippen LogP contribution in [0.5, 0.6) is 0 Å². The molecule has 2 aromatic heterocycles. The predicted octanol–water partition coefficient (Wildman–Crippen LogP) is 2.73. The molecule has 1 atom stereocenters. The molecule has 0 bridgehead atoms. The number of aryl methyl sites for hydroxylation is 2. The van der Waals surface area contributed by atoms with Crippen molar-refractivity contribution in [2.24, 2.45) is 5.73 Å². The number of carbonyl (C=O) groups excluding carboxylic acids is 1. The topological polar surface area (TPSA) is 84.1 Å². The smallest absolute Gasteiger partial charge is 0.312 e. The molecule has 3 N–H and O–H groups in total. The molecule has 0 saturated carbocycles. The molecule has 0 aromatic carbocycles. The van der Waals surface area contributed by atoms with Gasteiger partial charge in [0.25, 0.3) is 0 Å². The summed E-state index contributed by atoms with van der Waals surface area (Å²) >= 11 is 0. The standard InChI is InChI=1S/C19H25N5O/c1-14-6-3-11-22-18(14)24(13-5-12-23-19(20)25)16-9-2-7-15-8-4-10-21-17(15)16/h3-4,6,8,10-11,16H,2,5,7,9,12-13H2,1H3,(H3,20,23,25). The maximum Gasteiger partial charge on any atom is 0.312 e. The van der Waals surface area contributed by atoms with Gasteiger partial charge in [-0.15, -0.1) is 0 Å². The second-order valence-corrected chi connectivity index (χ2v) is 6.44. The van der Waals surface area contributed by atoms with Crippen LogP contribution in [0.1, 0.15) is 42.1 Å². The van der Waals surface area contributed by atoms with Gasteiger partial charge >= 0.3 is 6.03 Å². The number of pyridine rings is 2. The molecule has 0 aliphatic heterocycles. The van der Waals surface area contributed by atoms with Crippen LogP contribution in [0.4, 0.5) is 10.6 Å². The quantitative estimate of drug-likeness (QED) is 0.793. The summed E-state index contributed by atoms with van der Waals surface area (Å²) in [5, 5.41) is 2.67. The van der Waals surface area contributed by atoms with Gasteiger partial charge in [0.2, 0.25) is 0 Å². The second-order valence-electron chi connectivity index (χ2n) is 6.44. The van der Waals surface area contributed by atoms with Crippen molar-refractivity contribution in [3.05, 3.63) is 53.5 Å². The Morgan fingerprint density at radius 2 is 2.12 bits per heavy atom. The fraction of sp³-hybridized carbons (Fsp3) is 0.421. The van der Waals surface area contributed by atoms with Gasteiger partial charge in [-0.05, 0) is 55.9 Å². The number of hydrogen-bond acceptors (Lipinski definition) is 4. The van der Waals surface area contributed by atoms with Gasteiger partial charge in [0, 0.05) is 25.5 Å². The summed E-state index contributed by atoms with van der Waals surface area (Å²) in [4.78, 5) is 22.5. The van der Waals surface area contributed by atoms with Crippen LogP contribution in [-0.4, -0.2) is 29.1 Å². The second kappa shape index (κ2) is 7.96. The van der Waals surface area contributed by atoms with Crippen LogP contribution in [0.25, 0.3) is 0 Å². The summed E-state index contributed by atoms with van der Waals surface area (Å²) < 4.78 is 0. The maximum absolute atomic E-state index is 10.9. The Labute approximate surface area is 148 Å². The summed E-state index contributed by atoms with van der Waals surface area (Å²) in [5.74, 6) is 0.991. The lowest BCUT2D eigenvalue weighted by atomic mass is 9.90. The number of carbonyl (C=O) groups is 1. The van der Waals surface area contributed by atoms with E-state index in [1.165, 1.54) is 5.56 Å². The van der Waals surface area contributed by atoms with Crippen LogP contribution in [0.3, 0.4) is 0 Å². The van der Waals surface area contributed by atoms with Crippen LogP contribution in [0.15, 0.2) is 36.7 Å². The fourth-order valence-electron chi connectivity index (χ4n) is 3.54. The molecular weight excluding hydrogens is 314 g/mol. The van der Waals surface area contributed by atoms with Crippen LogP contribution in [-0.2, 0) is 6.42 Å². The number of aromatic nitrogens is 2. The number of rotatable bonds is 6. The van der Waals surface area contributed by atoms with E-state index in [-0.39, 0.29) is 6.04 Å². The first-order chi connectivity index (χ1) is 12.2. The summed E-state index contributed by atoms with van der Waals surface area (Å²) in [6.07, 6.45) is 7.79. The van der Waals surface area contributed by atoms with E-state index in [1.54, 1.807) is 0 Å². The lowest BCUT2D eigenvalue weighted by molar-refractivity contribution is 0.249. The molecule has 0 spiro atoms. The first-order valence-electron chi connectivity index (χ1n) is 8.82. The Morgan fingerprint density at radius 3 is 2.92 bits per heavy atom. The summed E-state index contributed by atoms with van der Waals surface area (Å²) in [6.45, 7) is 3.43. The Kier molecular flexibility index (Phi) is 5.48. The van der Waals surface area contributed by atoms with E-state index in [0.29, 0.717) is 6.54 Å². The van der Waals surface area contributed by atoms with Crippen LogP contribution >= 0.6 is 0 Å². The highest BCUT2D eigenvalue weighted by atomic mass is 16.2. The van der Waals surface area contributed by atoms with Crippen LogP contribution in [0, 0.1) is 6.92 Å². The molecule has 2 aromatic rings. The highest BCUT2D eigenvalue weighted by Gasteiger charge is 2.28. The van der Waals surface area contributed by atoms with E-state index < -0.39 is 6.03 Å². The zero-order valence-corrected chi connectivity index (χ0v) is 14.6. The third-order valence-corrected chi connectivity index (χ3v) is 4.67. The minimum Gasteiger partial charge on any atom is -0.352 e. The number of nitrogens with one attached hydrogen (secondary N) is 1. The van der Waals surface area contributed by atoms with Crippen LogP contribution < -0.4 is 16.0 Å². The molecule has 1 aliphatic carbocycles. The average Bonchev–Trinajstić information content (AvgIpc) is 2.62. The highest BCUT2D eigenvalue weighted by molar-refractivity contribution is 5.71. The minimum absolute atomic E-state index is 0.215. The third-order valence-electron chi connectivity index (χ3n) is 4.67. The van der Waals surface area contributed by atoms with Crippen molar-refractivity contribution < 1.29 is 4.79 Å². The predicted molar refractivity (Wildman–Crippen MR) is 98.4 cm³/mol. The van der Waals surface area contributed by atoms with E-state index in [9.17, 15) is 4.79 Å². The monoisotopic (exact) mass is 339 g/mol. The van der Waals surface area contributed by atoms with Crippen molar-refractivity contribution in [3.8, 4) is 0 Å². The third kappa shape index (κ3) is 4.07. The lowest BCUT2D eigenvalue weighted by Gasteiger charge is -2.36. The summed E-state index contributed by atoms with van der Waals surface area (Å²) in [5.41, 5.74) is 8.79. The number of nitrogens with zero attached hydrogens (tertiary/aromatic N) is 3. The van der Waals surface area contributed by atoms with Crippen LogP contribution in [0.2, 0.25) is 0 Å². The molecule has 0 fully saturated rings. The van der Waals surface area contributed by atoms with Gasteiger partial charge < -0.3 is 16.0 Å². The molecule has 132 valence electrons. The zero-order chi connectivity index (χ0) is 17.6. The van der Waals surface area contributed by atoms with Crippen molar-refractivity contribution in [1.29, 1.82) is 0 Å². The first-order valence-corrected chi connectivity index (χ1v) is 8.82. The highest BCUT2D eigenvalue weighted by Crippen LogP contribution is 2.36. The number of amides is 2. The van der Waals surface area contributed by atoms with Crippen molar-refractivity contribution in [3.63, 3.8) is 0 Å². The van der Waals surface area contributed by atoms with Gasteiger partial charge in [-0.3, -0.25) is 4.98 Å². The van der Waals surface area contributed by atoms with E-state index in [4.69, 9.17) is 5.73 Å².